The van der Waals surface area contributed by atoms with E-state index in [0.29, 0.717) is 12.1 Å². The van der Waals surface area contributed by atoms with Gasteiger partial charge in [-0.15, -0.1) is 0 Å². The number of hydrogen-bond acceptors (Lipinski definition) is 5. The number of amides is 1. The summed E-state index contributed by atoms with van der Waals surface area (Å²) < 4.78 is 27.4. The third-order valence-electron chi connectivity index (χ3n) is 3.79. The molecule has 0 aliphatic carbocycles. The molecule has 0 aromatic heterocycles. The minimum atomic E-state index is -3.86. The Morgan fingerprint density at radius 1 is 1.11 bits per heavy atom. The minimum absolute atomic E-state index is 0.0133. The van der Waals surface area contributed by atoms with Gasteiger partial charge in [0, 0.05) is 12.1 Å². The number of nitrogens with zero attached hydrogens (tertiary/aromatic N) is 2. The average molecular weight is 386 g/mol. The lowest BCUT2D eigenvalue weighted by Gasteiger charge is -2.11. The van der Waals surface area contributed by atoms with E-state index in [0.717, 1.165) is 13.0 Å². The number of sulfonamides is 1. The highest BCUT2D eigenvalue weighted by molar-refractivity contribution is 7.92. The van der Waals surface area contributed by atoms with Crippen LogP contribution in [0.15, 0.2) is 53.4 Å². The SMILES string of the molecule is CN(C)CCCNC(=O)c1ccc(S(=O)(=O)Nc2ccccc2C#N)cc1. The summed E-state index contributed by atoms with van der Waals surface area (Å²) in [5.41, 5.74) is 0.828. The van der Waals surface area contributed by atoms with E-state index in [1.54, 1.807) is 12.1 Å². The molecule has 0 bridgehead atoms. The Bertz CT molecular complexity index is 932. The first-order valence-electron chi connectivity index (χ1n) is 8.38. The molecule has 8 heteroatoms. The summed E-state index contributed by atoms with van der Waals surface area (Å²) in [5.74, 6) is -0.250. The van der Waals surface area contributed by atoms with Crippen LogP contribution in [0.1, 0.15) is 22.3 Å². The number of hydrogen-bond donors (Lipinski definition) is 2. The second-order valence-electron chi connectivity index (χ2n) is 6.20. The molecule has 2 aromatic rings. The molecule has 0 aliphatic rings. The van der Waals surface area contributed by atoms with Crippen LogP contribution in [-0.2, 0) is 10.0 Å². The molecule has 0 aliphatic heterocycles. The number of nitrogens with one attached hydrogen (secondary N) is 2. The molecule has 2 aromatic carbocycles. The zero-order valence-electron chi connectivity index (χ0n) is 15.3. The molecule has 0 atom stereocenters. The Balaban J connectivity index is 2.05. The van der Waals surface area contributed by atoms with E-state index >= 15 is 0 Å². The van der Waals surface area contributed by atoms with Gasteiger partial charge in [-0.2, -0.15) is 5.26 Å². The smallest absolute Gasteiger partial charge is 0.261 e. The van der Waals surface area contributed by atoms with Gasteiger partial charge in [0.1, 0.15) is 6.07 Å². The lowest BCUT2D eigenvalue weighted by Crippen LogP contribution is -2.27. The van der Waals surface area contributed by atoms with Gasteiger partial charge in [-0.25, -0.2) is 8.42 Å². The number of para-hydroxylation sites is 1. The number of anilines is 1. The molecule has 27 heavy (non-hydrogen) atoms. The molecular weight excluding hydrogens is 364 g/mol. The van der Waals surface area contributed by atoms with Gasteiger partial charge in [-0.3, -0.25) is 9.52 Å². The van der Waals surface area contributed by atoms with Gasteiger partial charge in [0.25, 0.3) is 15.9 Å². The fraction of sp³-hybridized carbons (Fsp3) is 0.263. The topological polar surface area (TPSA) is 102 Å². The molecule has 7 nitrogen and oxygen atoms in total. The summed E-state index contributed by atoms with van der Waals surface area (Å²) in [7, 11) is 0.0675. The zero-order valence-corrected chi connectivity index (χ0v) is 16.1. The summed E-state index contributed by atoms with van der Waals surface area (Å²) in [6.45, 7) is 1.41. The van der Waals surface area contributed by atoms with Crippen molar-refractivity contribution >= 4 is 21.6 Å². The van der Waals surface area contributed by atoms with Crippen LogP contribution in [0.5, 0.6) is 0 Å². The van der Waals surface area contributed by atoms with Crippen molar-refractivity contribution < 1.29 is 13.2 Å². The van der Waals surface area contributed by atoms with Gasteiger partial charge in [0.2, 0.25) is 0 Å². The zero-order chi connectivity index (χ0) is 19.9. The highest BCUT2D eigenvalue weighted by Crippen LogP contribution is 2.19. The van der Waals surface area contributed by atoms with E-state index in [1.165, 1.54) is 36.4 Å². The molecule has 142 valence electrons. The molecule has 0 saturated heterocycles. The monoisotopic (exact) mass is 386 g/mol. The molecule has 0 unspecified atom stereocenters. The summed E-state index contributed by atoms with van der Waals surface area (Å²) in [6.07, 6.45) is 0.827. The molecule has 1 amide bonds. The quantitative estimate of drug-likeness (QED) is 0.676. The minimum Gasteiger partial charge on any atom is -0.352 e. The lowest BCUT2D eigenvalue weighted by molar-refractivity contribution is 0.0952. The summed E-state index contributed by atoms with van der Waals surface area (Å²) in [4.78, 5) is 14.1. The first kappa shape index (κ1) is 20.4. The summed E-state index contributed by atoms with van der Waals surface area (Å²) in [5, 5.41) is 11.9. The summed E-state index contributed by atoms with van der Waals surface area (Å²) >= 11 is 0. The molecular formula is C19H22N4O3S. The van der Waals surface area contributed by atoms with E-state index in [-0.39, 0.29) is 22.1 Å². The van der Waals surface area contributed by atoms with Gasteiger partial charge >= 0.3 is 0 Å². The van der Waals surface area contributed by atoms with Crippen molar-refractivity contribution in [2.45, 2.75) is 11.3 Å². The van der Waals surface area contributed by atoms with E-state index < -0.39 is 10.0 Å². The third-order valence-corrected chi connectivity index (χ3v) is 5.17. The Kier molecular flexibility index (Phi) is 6.93. The number of carbonyl (C=O) groups is 1. The Labute approximate surface area is 159 Å². The molecule has 0 radical (unpaired) electrons. The van der Waals surface area contributed by atoms with Crippen LogP contribution in [0.4, 0.5) is 5.69 Å². The predicted molar refractivity (Wildman–Crippen MR) is 104 cm³/mol. The van der Waals surface area contributed by atoms with Crippen molar-refractivity contribution in [2.75, 3.05) is 31.9 Å². The van der Waals surface area contributed by atoms with E-state index in [9.17, 15) is 13.2 Å². The Hall–Kier alpha value is -2.89. The molecule has 2 N–H and O–H groups in total. The largest absolute Gasteiger partial charge is 0.352 e. The van der Waals surface area contributed by atoms with Crippen LogP contribution in [0.3, 0.4) is 0 Å². The van der Waals surface area contributed by atoms with E-state index in [1.807, 2.05) is 25.1 Å². The number of carbonyl (C=O) groups excluding carboxylic acids is 1. The van der Waals surface area contributed by atoms with Crippen molar-refractivity contribution in [3.05, 3.63) is 59.7 Å². The van der Waals surface area contributed by atoms with Crippen LogP contribution in [0.25, 0.3) is 0 Å². The Morgan fingerprint density at radius 2 is 1.78 bits per heavy atom. The van der Waals surface area contributed by atoms with Gasteiger partial charge in [0.15, 0.2) is 0 Å². The maximum absolute atomic E-state index is 12.5. The van der Waals surface area contributed by atoms with Gasteiger partial charge in [-0.05, 0) is 63.5 Å². The standard InChI is InChI=1S/C19H22N4O3S/c1-23(2)13-5-12-21-19(24)15-8-10-17(11-9-15)27(25,26)22-18-7-4-3-6-16(18)14-20/h3-4,6-11,22H,5,12-13H2,1-2H3,(H,21,24). The number of benzene rings is 2. The van der Waals surface area contributed by atoms with Crippen molar-refractivity contribution in [2.24, 2.45) is 0 Å². The van der Waals surface area contributed by atoms with Crippen LogP contribution in [0.2, 0.25) is 0 Å². The summed E-state index contributed by atoms with van der Waals surface area (Å²) in [6, 6.07) is 14.0. The van der Waals surface area contributed by atoms with E-state index in [2.05, 4.69) is 10.0 Å². The second kappa shape index (κ2) is 9.16. The third kappa shape index (κ3) is 5.81. The molecule has 0 heterocycles. The highest BCUT2D eigenvalue weighted by Gasteiger charge is 2.16. The van der Waals surface area contributed by atoms with Gasteiger partial charge in [0.05, 0.1) is 16.1 Å². The van der Waals surface area contributed by atoms with Crippen LogP contribution in [-0.4, -0.2) is 46.4 Å². The van der Waals surface area contributed by atoms with Gasteiger partial charge in [-0.1, -0.05) is 12.1 Å². The van der Waals surface area contributed by atoms with Gasteiger partial charge < -0.3 is 10.2 Å². The lowest BCUT2D eigenvalue weighted by atomic mass is 10.2. The highest BCUT2D eigenvalue weighted by atomic mass is 32.2. The normalized spacial score (nSPS) is 11.0. The maximum atomic E-state index is 12.5. The fourth-order valence-corrected chi connectivity index (χ4v) is 3.44. The first-order valence-corrected chi connectivity index (χ1v) is 9.87. The molecule has 0 saturated carbocycles. The molecule has 0 fully saturated rings. The van der Waals surface area contributed by atoms with Crippen LogP contribution >= 0.6 is 0 Å². The first-order chi connectivity index (χ1) is 12.8. The second-order valence-corrected chi connectivity index (χ2v) is 7.88. The maximum Gasteiger partial charge on any atom is 0.261 e. The molecule has 0 spiro atoms. The van der Waals surface area contributed by atoms with Crippen molar-refractivity contribution in [1.82, 2.24) is 10.2 Å². The Morgan fingerprint density at radius 3 is 2.41 bits per heavy atom. The number of nitriles is 1. The van der Waals surface area contributed by atoms with Crippen molar-refractivity contribution in [3.63, 3.8) is 0 Å². The van der Waals surface area contributed by atoms with Crippen molar-refractivity contribution in [1.29, 1.82) is 5.26 Å². The van der Waals surface area contributed by atoms with E-state index in [4.69, 9.17) is 5.26 Å². The van der Waals surface area contributed by atoms with Crippen LogP contribution in [0, 0.1) is 11.3 Å². The number of rotatable bonds is 8. The average Bonchev–Trinajstić information content (AvgIpc) is 2.65. The predicted octanol–water partition coefficient (Wildman–Crippen LogP) is 2.04. The van der Waals surface area contributed by atoms with Crippen molar-refractivity contribution in [3.8, 4) is 6.07 Å². The fourth-order valence-electron chi connectivity index (χ4n) is 2.36. The van der Waals surface area contributed by atoms with Crippen LogP contribution < -0.4 is 10.0 Å². The molecule has 2 rings (SSSR count).